The van der Waals surface area contributed by atoms with E-state index in [9.17, 15) is 4.79 Å². The second-order valence-electron chi connectivity index (χ2n) is 4.75. The monoisotopic (exact) mass is 297 g/mol. The van der Waals surface area contributed by atoms with Gasteiger partial charge in [0.2, 0.25) is 0 Å². The molecule has 0 saturated carbocycles. The number of carbonyl (C=O) groups is 1. The van der Waals surface area contributed by atoms with Crippen LogP contribution in [-0.4, -0.2) is 19.0 Å². The first-order valence-electron chi connectivity index (χ1n) is 6.93. The van der Waals surface area contributed by atoms with E-state index in [2.05, 4.69) is 4.99 Å². The van der Waals surface area contributed by atoms with Crippen molar-refractivity contribution < 1.29 is 18.7 Å². The molecule has 0 amide bonds. The van der Waals surface area contributed by atoms with Crippen LogP contribution < -0.4 is 4.74 Å². The van der Waals surface area contributed by atoms with E-state index in [1.807, 2.05) is 24.3 Å². The third-order valence-electron chi connectivity index (χ3n) is 3.29. The number of furan rings is 1. The summed E-state index contributed by atoms with van der Waals surface area (Å²) in [7, 11) is 1.64. The highest BCUT2D eigenvalue weighted by molar-refractivity contribution is 6.07. The molecule has 0 radical (unpaired) electrons. The highest BCUT2D eigenvalue weighted by Gasteiger charge is 2.23. The fourth-order valence-corrected chi connectivity index (χ4v) is 2.22. The molecule has 0 unspecified atom stereocenters. The van der Waals surface area contributed by atoms with Crippen molar-refractivity contribution in [1.82, 2.24) is 0 Å². The van der Waals surface area contributed by atoms with Crippen LogP contribution in [0.1, 0.15) is 17.7 Å². The van der Waals surface area contributed by atoms with Crippen molar-refractivity contribution in [2.45, 2.75) is 12.8 Å². The average Bonchev–Trinajstić information content (AvgIpc) is 3.16. The third-order valence-corrected chi connectivity index (χ3v) is 3.29. The highest BCUT2D eigenvalue weighted by Crippen LogP contribution is 2.22. The molecule has 1 aliphatic heterocycles. The minimum absolute atomic E-state index is 0.255. The topological polar surface area (TPSA) is 61.0 Å². The van der Waals surface area contributed by atoms with Crippen LogP contribution >= 0.6 is 0 Å². The van der Waals surface area contributed by atoms with Crippen LogP contribution in [0.15, 0.2) is 57.8 Å². The number of rotatable bonds is 5. The van der Waals surface area contributed by atoms with Crippen molar-refractivity contribution >= 4 is 17.9 Å². The molecular weight excluding hydrogens is 282 g/mol. The number of methoxy groups -OCH3 is 1. The number of cyclic esters (lactones) is 1. The molecule has 0 saturated heterocycles. The highest BCUT2D eigenvalue weighted by atomic mass is 16.6. The summed E-state index contributed by atoms with van der Waals surface area (Å²) in [5.41, 5.74) is 1.30. The van der Waals surface area contributed by atoms with E-state index in [0.29, 0.717) is 24.5 Å². The van der Waals surface area contributed by atoms with Gasteiger partial charge < -0.3 is 13.9 Å². The first-order valence-corrected chi connectivity index (χ1v) is 6.93. The fraction of sp³-hybridized carbons (Fsp3) is 0.176. The Morgan fingerprint density at radius 3 is 2.82 bits per heavy atom. The van der Waals surface area contributed by atoms with Crippen LogP contribution in [-0.2, 0) is 16.0 Å². The smallest absolute Gasteiger partial charge is 0.363 e. The number of ether oxygens (including phenoxy) is 2. The number of aryl methyl sites for hydroxylation is 1. The van der Waals surface area contributed by atoms with E-state index in [4.69, 9.17) is 13.9 Å². The standard InChI is InChI=1S/C17H15NO4/c1-20-15-7-3-2-5-12(15)8-9-16-18-14(17(19)22-16)11-13-6-4-10-21-13/h2-7,10-11H,8-9H2,1H3/b14-11+. The van der Waals surface area contributed by atoms with Gasteiger partial charge in [0.1, 0.15) is 11.5 Å². The van der Waals surface area contributed by atoms with Gasteiger partial charge in [0.15, 0.2) is 11.6 Å². The Bertz CT molecular complexity index is 729. The molecule has 3 rings (SSSR count). The zero-order valence-electron chi connectivity index (χ0n) is 12.1. The van der Waals surface area contributed by atoms with Gasteiger partial charge in [0.05, 0.1) is 13.4 Å². The molecule has 0 spiro atoms. The van der Waals surface area contributed by atoms with Gasteiger partial charge in [0, 0.05) is 12.5 Å². The van der Waals surface area contributed by atoms with Gasteiger partial charge in [-0.05, 0) is 30.2 Å². The van der Waals surface area contributed by atoms with E-state index >= 15 is 0 Å². The van der Waals surface area contributed by atoms with Crippen LogP contribution in [0.5, 0.6) is 5.75 Å². The molecule has 2 heterocycles. The predicted molar refractivity (Wildman–Crippen MR) is 81.5 cm³/mol. The minimum atomic E-state index is -0.452. The average molecular weight is 297 g/mol. The maximum atomic E-state index is 11.8. The Hall–Kier alpha value is -2.82. The number of benzene rings is 1. The Balaban J connectivity index is 1.70. The zero-order chi connectivity index (χ0) is 15.4. The molecule has 0 aliphatic carbocycles. The van der Waals surface area contributed by atoms with Gasteiger partial charge >= 0.3 is 5.97 Å². The van der Waals surface area contributed by atoms with E-state index < -0.39 is 5.97 Å². The molecule has 5 nitrogen and oxygen atoms in total. The number of carbonyl (C=O) groups excluding carboxylic acids is 1. The summed E-state index contributed by atoms with van der Waals surface area (Å²) in [6.07, 6.45) is 4.32. The Morgan fingerprint density at radius 2 is 2.05 bits per heavy atom. The fourth-order valence-electron chi connectivity index (χ4n) is 2.22. The van der Waals surface area contributed by atoms with Crippen LogP contribution in [0, 0.1) is 0 Å². The van der Waals surface area contributed by atoms with Crippen molar-refractivity contribution in [2.75, 3.05) is 7.11 Å². The van der Waals surface area contributed by atoms with Gasteiger partial charge in [-0.1, -0.05) is 18.2 Å². The normalized spacial score (nSPS) is 15.8. The van der Waals surface area contributed by atoms with Crippen LogP contribution in [0.2, 0.25) is 0 Å². The zero-order valence-corrected chi connectivity index (χ0v) is 12.1. The molecule has 1 aromatic heterocycles. The van der Waals surface area contributed by atoms with E-state index in [0.717, 1.165) is 11.3 Å². The second-order valence-corrected chi connectivity index (χ2v) is 4.75. The minimum Gasteiger partial charge on any atom is -0.496 e. The number of aliphatic imine (C=N–C) groups is 1. The molecule has 2 aromatic rings. The lowest BCUT2D eigenvalue weighted by molar-refractivity contribution is -0.130. The van der Waals surface area contributed by atoms with Gasteiger partial charge in [-0.25, -0.2) is 9.79 Å². The van der Waals surface area contributed by atoms with Crippen LogP contribution in [0.3, 0.4) is 0 Å². The maximum absolute atomic E-state index is 11.8. The number of hydrogen-bond acceptors (Lipinski definition) is 5. The molecule has 22 heavy (non-hydrogen) atoms. The number of hydrogen-bond donors (Lipinski definition) is 0. The largest absolute Gasteiger partial charge is 0.496 e. The lowest BCUT2D eigenvalue weighted by Gasteiger charge is -2.07. The first kappa shape index (κ1) is 14.1. The molecule has 0 fully saturated rings. The summed E-state index contributed by atoms with van der Waals surface area (Å²) in [4.78, 5) is 16.0. The van der Waals surface area contributed by atoms with Gasteiger partial charge in [-0.15, -0.1) is 0 Å². The Morgan fingerprint density at radius 1 is 1.18 bits per heavy atom. The summed E-state index contributed by atoms with van der Waals surface area (Å²) in [6.45, 7) is 0. The third kappa shape index (κ3) is 3.09. The molecule has 1 aliphatic rings. The number of para-hydroxylation sites is 1. The maximum Gasteiger partial charge on any atom is 0.363 e. The summed E-state index contributed by atoms with van der Waals surface area (Å²) in [6, 6.07) is 11.2. The Labute approximate surface area is 127 Å². The molecule has 0 N–H and O–H groups in total. The van der Waals surface area contributed by atoms with Crippen molar-refractivity contribution in [3.8, 4) is 5.75 Å². The predicted octanol–water partition coefficient (Wildman–Crippen LogP) is 3.22. The van der Waals surface area contributed by atoms with E-state index in [1.165, 1.54) is 0 Å². The quantitative estimate of drug-likeness (QED) is 0.628. The molecular formula is C17H15NO4. The van der Waals surface area contributed by atoms with Crippen molar-refractivity contribution in [1.29, 1.82) is 0 Å². The molecule has 5 heteroatoms. The van der Waals surface area contributed by atoms with E-state index in [1.54, 1.807) is 31.6 Å². The van der Waals surface area contributed by atoms with Gasteiger partial charge in [-0.3, -0.25) is 0 Å². The first-order chi connectivity index (χ1) is 10.8. The molecule has 1 aromatic carbocycles. The SMILES string of the molecule is COc1ccccc1CCC1=N/C(=C/c2ccco2)C(=O)O1. The lowest BCUT2D eigenvalue weighted by atomic mass is 10.1. The van der Waals surface area contributed by atoms with Gasteiger partial charge in [0.25, 0.3) is 0 Å². The summed E-state index contributed by atoms with van der Waals surface area (Å²) in [5, 5.41) is 0. The van der Waals surface area contributed by atoms with Crippen LogP contribution in [0.25, 0.3) is 6.08 Å². The van der Waals surface area contributed by atoms with Crippen molar-refractivity contribution in [3.63, 3.8) is 0 Å². The summed E-state index contributed by atoms with van der Waals surface area (Å²) < 4.78 is 15.6. The molecule has 112 valence electrons. The second kappa shape index (κ2) is 6.30. The summed E-state index contributed by atoms with van der Waals surface area (Å²) in [5.74, 6) is 1.35. The van der Waals surface area contributed by atoms with Crippen molar-refractivity contribution in [3.05, 3.63) is 59.7 Å². The van der Waals surface area contributed by atoms with Crippen LogP contribution in [0.4, 0.5) is 0 Å². The molecule has 0 bridgehead atoms. The van der Waals surface area contributed by atoms with Crippen molar-refractivity contribution in [2.24, 2.45) is 4.99 Å². The van der Waals surface area contributed by atoms with Gasteiger partial charge in [-0.2, -0.15) is 0 Å². The number of esters is 1. The Kier molecular flexibility index (Phi) is 4.05. The lowest BCUT2D eigenvalue weighted by Crippen LogP contribution is -2.05. The summed E-state index contributed by atoms with van der Waals surface area (Å²) >= 11 is 0. The molecule has 0 atom stereocenters. The number of nitrogens with zero attached hydrogens (tertiary/aromatic N) is 1. The van der Waals surface area contributed by atoms with E-state index in [-0.39, 0.29) is 5.70 Å².